The Hall–Kier alpha value is -2.00. The van der Waals surface area contributed by atoms with Crippen LogP contribution in [0.4, 0.5) is 5.69 Å². The lowest BCUT2D eigenvalue weighted by molar-refractivity contribution is -0.140. The summed E-state index contributed by atoms with van der Waals surface area (Å²) in [6.45, 7) is 3.57. The second-order valence-corrected chi connectivity index (χ2v) is 10.8. The van der Waals surface area contributed by atoms with E-state index in [1.807, 2.05) is 6.92 Å². The molecule has 0 aromatic heterocycles. The standard InChI is InChI=1S/C23H28Cl3N3O4S/c1-4-13-27-23(31)21(5-2)28(14-18-19(25)7-6-8-20(18)26)22(30)15-29(34(3,32)33)17-11-9-16(24)10-12-17/h6-12,21H,4-5,13-15H2,1-3H3,(H,27,31). The maximum absolute atomic E-state index is 13.6. The number of carbonyl (C=O) groups is 2. The van der Waals surface area contributed by atoms with Gasteiger partial charge < -0.3 is 10.2 Å². The second-order valence-electron chi connectivity index (χ2n) is 7.68. The highest BCUT2D eigenvalue weighted by Gasteiger charge is 2.32. The molecule has 7 nitrogen and oxygen atoms in total. The molecule has 186 valence electrons. The van der Waals surface area contributed by atoms with E-state index in [1.54, 1.807) is 25.1 Å². The SMILES string of the molecule is CCCNC(=O)C(CC)N(Cc1c(Cl)cccc1Cl)C(=O)CN(c1ccc(Cl)cc1)S(C)(=O)=O. The predicted octanol–water partition coefficient (Wildman–Crippen LogP) is 4.75. The molecule has 0 saturated carbocycles. The van der Waals surface area contributed by atoms with Crippen molar-refractivity contribution in [1.29, 1.82) is 0 Å². The van der Waals surface area contributed by atoms with Crippen LogP contribution in [0.5, 0.6) is 0 Å². The van der Waals surface area contributed by atoms with E-state index in [9.17, 15) is 18.0 Å². The molecule has 1 unspecified atom stereocenters. The van der Waals surface area contributed by atoms with Crippen LogP contribution in [-0.2, 0) is 26.2 Å². The van der Waals surface area contributed by atoms with Crippen molar-refractivity contribution in [2.75, 3.05) is 23.7 Å². The third kappa shape index (κ3) is 7.50. The van der Waals surface area contributed by atoms with Crippen molar-refractivity contribution in [2.24, 2.45) is 0 Å². The van der Waals surface area contributed by atoms with Gasteiger partial charge in [0.1, 0.15) is 12.6 Å². The predicted molar refractivity (Wildman–Crippen MR) is 138 cm³/mol. The van der Waals surface area contributed by atoms with Gasteiger partial charge in [-0.25, -0.2) is 8.42 Å². The Morgan fingerprint density at radius 3 is 2.09 bits per heavy atom. The van der Waals surface area contributed by atoms with Gasteiger partial charge in [0.15, 0.2) is 0 Å². The largest absolute Gasteiger partial charge is 0.354 e. The van der Waals surface area contributed by atoms with Crippen LogP contribution in [0.1, 0.15) is 32.3 Å². The van der Waals surface area contributed by atoms with E-state index in [2.05, 4.69) is 5.32 Å². The smallest absolute Gasteiger partial charge is 0.244 e. The number of hydrogen-bond donors (Lipinski definition) is 1. The first kappa shape index (κ1) is 28.2. The van der Waals surface area contributed by atoms with Crippen LogP contribution in [-0.4, -0.2) is 50.5 Å². The number of carbonyl (C=O) groups excluding carboxylic acids is 2. The molecule has 11 heteroatoms. The van der Waals surface area contributed by atoms with Crippen LogP contribution in [0.2, 0.25) is 15.1 Å². The van der Waals surface area contributed by atoms with Gasteiger partial charge in [-0.3, -0.25) is 13.9 Å². The van der Waals surface area contributed by atoms with Crippen molar-refractivity contribution in [2.45, 2.75) is 39.3 Å². The second kappa shape index (κ2) is 12.6. The zero-order chi connectivity index (χ0) is 25.5. The van der Waals surface area contributed by atoms with Crippen LogP contribution in [0.25, 0.3) is 0 Å². The van der Waals surface area contributed by atoms with E-state index in [4.69, 9.17) is 34.8 Å². The lowest BCUT2D eigenvalue weighted by atomic mass is 10.1. The number of nitrogens with zero attached hydrogens (tertiary/aromatic N) is 2. The lowest BCUT2D eigenvalue weighted by Crippen LogP contribution is -2.52. The number of amides is 2. The lowest BCUT2D eigenvalue weighted by Gasteiger charge is -2.33. The van der Waals surface area contributed by atoms with E-state index >= 15 is 0 Å². The van der Waals surface area contributed by atoms with Gasteiger partial charge >= 0.3 is 0 Å². The zero-order valence-corrected chi connectivity index (χ0v) is 22.3. The van der Waals surface area contributed by atoms with Crippen LogP contribution >= 0.6 is 34.8 Å². The van der Waals surface area contributed by atoms with Crippen molar-refractivity contribution in [3.05, 3.63) is 63.1 Å². The van der Waals surface area contributed by atoms with Gasteiger partial charge in [0.2, 0.25) is 21.8 Å². The van der Waals surface area contributed by atoms with Crippen molar-refractivity contribution in [1.82, 2.24) is 10.2 Å². The summed E-state index contributed by atoms with van der Waals surface area (Å²) in [6.07, 6.45) is 2.05. The Morgan fingerprint density at radius 2 is 1.59 bits per heavy atom. The molecule has 0 fully saturated rings. The Bertz CT molecular complexity index is 1090. The summed E-state index contributed by atoms with van der Waals surface area (Å²) >= 11 is 18.6. The maximum atomic E-state index is 13.6. The Kier molecular flexibility index (Phi) is 10.5. The Morgan fingerprint density at radius 1 is 1.00 bits per heavy atom. The average molecular weight is 549 g/mol. The molecule has 2 rings (SSSR count). The number of anilines is 1. The van der Waals surface area contributed by atoms with Crippen molar-refractivity contribution in [3.63, 3.8) is 0 Å². The highest BCUT2D eigenvalue weighted by Crippen LogP contribution is 2.28. The number of nitrogens with one attached hydrogen (secondary N) is 1. The number of halogens is 3. The maximum Gasteiger partial charge on any atom is 0.244 e. The van der Waals surface area contributed by atoms with Gasteiger partial charge in [0.25, 0.3) is 0 Å². The highest BCUT2D eigenvalue weighted by molar-refractivity contribution is 7.92. The number of benzene rings is 2. The van der Waals surface area contributed by atoms with E-state index in [0.29, 0.717) is 33.6 Å². The summed E-state index contributed by atoms with van der Waals surface area (Å²) in [5.41, 5.74) is 0.748. The molecule has 0 spiro atoms. The molecule has 2 aromatic carbocycles. The van der Waals surface area contributed by atoms with Gasteiger partial charge in [-0.15, -0.1) is 0 Å². The Labute approximate surface area is 216 Å². The van der Waals surface area contributed by atoms with Crippen molar-refractivity contribution in [3.8, 4) is 0 Å². The van der Waals surface area contributed by atoms with Crippen LogP contribution in [0.15, 0.2) is 42.5 Å². The fraction of sp³-hybridized carbons (Fsp3) is 0.391. The number of sulfonamides is 1. The molecule has 0 saturated heterocycles. The monoisotopic (exact) mass is 547 g/mol. The van der Waals surface area contributed by atoms with E-state index in [1.165, 1.54) is 29.2 Å². The molecule has 0 aliphatic carbocycles. The molecule has 1 N–H and O–H groups in total. The summed E-state index contributed by atoms with van der Waals surface area (Å²) < 4.78 is 26.1. The molecule has 0 bridgehead atoms. The minimum absolute atomic E-state index is 0.0619. The molecule has 34 heavy (non-hydrogen) atoms. The van der Waals surface area contributed by atoms with Crippen LogP contribution < -0.4 is 9.62 Å². The van der Waals surface area contributed by atoms with Gasteiger partial charge in [-0.2, -0.15) is 0 Å². The minimum atomic E-state index is -3.83. The first-order valence-electron chi connectivity index (χ1n) is 10.7. The van der Waals surface area contributed by atoms with Crippen LogP contribution in [0.3, 0.4) is 0 Å². The first-order chi connectivity index (χ1) is 16.0. The molecule has 0 radical (unpaired) electrons. The number of rotatable bonds is 11. The van der Waals surface area contributed by atoms with Crippen molar-refractivity contribution < 1.29 is 18.0 Å². The average Bonchev–Trinajstić information content (AvgIpc) is 2.77. The fourth-order valence-corrected chi connectivity index (χ4v) is 4.85. The molecular formula is C23H28Cl3N3O4S. The third-order valence-electron chi connectivity index (χ3n) is 5.12. The van der Waals surface area contributed by atoms with Gasteiger partial charge in [-0.1, -0.05) is 54.7 Å². The molecule has 1 atom stereocenters. The normalized spacial score (nSPS) is 12.2. The minimum Gasteiger partial charge on any atom is -0.354 e. The summed E-state index contributed by atoms with van der Waals surface area (Å²) in [7, 11) is -3.83. The van der Waals surface area contributed by atoms with E-state index < -0.39 is 28.5 Å². The molecule has 0 heterocycles. The summed E-state index contributed by atoms with van der Waals surface area (Å²) in [5, 5.41) is 3.92. The molecular weight excluding hydrogens is 521 g/mol. The summed E-state index contributed by atoms with van der Waals surface area (Å²) in [5.74, 6) is -0.909. The highest BCUT2D eigenvalue weighted by atomic mass is 35.5. The van der Waals surface area contributed by atoms with E-state index in [0.717, 1.165) is 17.0 Å². The number of hydrogen-bond acceptors (Lipinski definition) is 4. The van der Waals surface area contributed by atoms with Gasteiger partial charge in [0, 0.05) is 33.7 Å². The molecule has 0 aliphatic rings. The Balaban J connectivity index is 2.47. The topological polar surface area (TPSA) is 86.8 Å². The fourth-order valence-electron chi connectivity index (χ4n) is 3.36. The summed E-state index contributed by atoms with van der Waals surface area (Å²) in [4.78, 5) is 27.8. The first-order valence-corrected chi connectivity index (χ1v) is 13.7. The van der Waals surface area contributed by atoms with Gasteiger partial charge in [-0.05, 0) is 49.2 Å². The molecule has 2 amide bonds. The van der Waals surface area contributed by atoms with Crippen LogP contribution in [0, 0.1) is 0 Å². The zero-order valence-electron chi connectivity index (χ0n) is 19.2. The van der Waals surface area contributed by atoms with Crippen molar-refractivity contribution >= 4 is 62.3 Å². The quantitative estimate of drug-likeness (QED) is 0.439. The molecule has 2 aromatic rings. The third-order valence-corrected chi connectivity index (χ3v) is 7.22. The molecule has 0 aliphatic heterocycles. The summed E-state index contributed by atoms with van der Waals surface area (Å²) in [6, 6.07) is 10.2. The van der Waals surface area contributed by atoms with Gasteiger partial charge in [0.05, 0.1) is 11.9 Å². The van der Waals surface area contributed by atoms with E-state index in [-0.39, 0.29) is 18.1 Å².